The number of fused-ring (bicyclic) bond motifs is 1. The van der Waals surface area contributed by atoms with Gasteiger partial charge >= 0.3 is 11.9 Å². The normalized spacial score (nSPS) is 22.8. The maximum Gasteiger partial charge on any atom is 0.347 e. The van der Waals surface area contributed by atoms with E-state index < -0.39 is 11.9 Å². The molecule has 3 rings (SSSR count). The van der Waals surface area contributed by atoms with Gasteiger partial charge in [0.05, 0.1) is 17.8 Å². The lowest BCUT2D eigenvalue weighted by Gasteiger charge is -2.08. The van der Waals surface area contributed by atoms with Crippen molar-refractivity contribution in [3.05, 3.63) is 46.8 Å². The van der Waals surface area contributed by atoms with Gasteiger partial charge in [-0.3, -0.25) is 0 Å². The highest BCUT2D eigenvalue weighted by Gasteiger charge is 2.37. The van der Waals surface area contributed by atoms with Gasteiger partial charge in [0.2, 0.25) is 0 Å². The van der Waals surface area contributed by atoms with E-state index in [2.05, 4.69) is 4.74 Å². The largest absolute Gasteiger partial charge is 0.493 e. The van der Waals surface area contributed by atoms with Gasteiger partial charge in [-0.15, -0.1) is 0 Å². The first-order valence-electron chi connectivity index (χ1n) is 5.46. The van der Waals surface area contributed by atoms with Crippen molar-refractivity contribution in [3.8, 4) is 0 Å². The first kappa shape index (κ1) is 10.1. The molecule has 0 bridgehead atoms. The topological polar surface area (TPSA) is 52.6 Å². The quantitative estimate of drug-likeness (QED) is 0.468. The summed E-state index contributed by atoms with van der Waals surface area (Å²) in [6, 6.07) is 0. The van der Waals surface area contributed by atoms with Crippen molar-refractivity contribution in [2.45, 2.75) is 12.8 Å². The molecule has 4 nitrogen and oxygen atoms in total. The van der Waals surface area contributed by atoms with Crippen molar-refractivity contribution in [1.29, 1.82) is 0 Å². The summed E-state index contributed by atoms with van der Waals surface area (Å²) >= 11 is 0. The molecule has 86 valence electrons. The number of carbonyl (C=O) groups excluding carboxylic acids is 2. The van der Waals surface area contributed by atoms with Gasteiger partial charge in [0.25, 0.3) is 0 Å². The third kappa shape index (κ3) is 1.53. The van der Waals surface area contributed by atoms with Crippen molar-refractivity contribution in [2.75, 3.05) is 6.61 Å². The Morgan fingerprint density at radius 1 is 1.06 bits per heavy atom. The number of ether oxygens (including phenoxy) is 2. The lowest BCUT2D eigenvalue weighted by Crippen LogP contribution is -2.06. The van der Waals surface area contributed by atoms with Crippen molar-refractivity contribution in [2.24, 2.45) is 0 Å². The zero-order valence-corrected chi connectivity index (χ0v) is 9.06. The summed E-state index contributed by atoms with van der Waals surface area (Å²) in [4.78, 5) is 23.2. The summed E-state index contributed by atoms with van der Waals surface area (Å²) in [5.41, 5.74) is 1.60. The number of hydrogen-bond acceptors (Lipinski definition) is 4. The molecule has 0 spiro atoms. The van der Waals surface area contributed by atoms with Crippen molar-refractivity contribution in [1.82, 2.24) is 0 Å². The fourth-order valence-corrected chi connectivity index (χ4v) is 2.19. The summed E-state index contributed by atoms with van der Waals surface area (Å²) < 4.78 is 10.2. The first-order valence-corrected chi connectivity index (χ1v) is 5.46. The van der Waals surface area contributed by atoms with E-state index in [9.17, 15) is 9.59 Å². The molecule has 0 amide bonds. The number of hydrogen-bond donors (Lipinski definition) is 0. The molecule has 0 aromatic carbocycles. The molecule has 17 heavy (non-hydrogen) atoms. The molecule has 0 N–H and O–H groups in total. The van der Waals surface area contributed by atoms with Gasteiger partial charge in [-0.1, -0.05) is 18.2 Å². The predicted octanol–water partition coefficient (Wildman–Crippen LogP) is 1.56. The summed E-state index contributed by atoms with van der Waals surface area (Å²) in [6.07, 6.45) is 8.48. The molecule has 2 heterocycles. The molecule has 0 saturated heterocycles. The number of rotatable bonds is 0. The van der Waals surface area contributed by atoms with Crippen LogP contribution >= 0.6 is 0 Å². The zero-order chi connectivity index (χ0) is 11.8. The highest BCUT2D eigenvalue weighted by molar-refractivity contribution is 6.15. The monoisotopic (exact) mass is 230 g/mol. The lowest BCUT2D eigenvalue weighted by molar-refractivity contribution is -0.151. The van der Waals surface area contributed by atoms with E-state index in [0.717, 1.165) is 5.57 Å². The van der Waals surface area contributed by atoms with Gasteiger partial charge in [-0.25, -0.2) is 9.59 Å². The highest BCUT2D eigenvalue weighted by atomic mass is 16.6. The Morgan fingerprint density at radius 2 is 1.94 bits per heavy atom. The van der Waals surface area contributed by atoms with Crippen LogP contribution in [0.2, 0.25) is 0 Å². The fraction of sp³-hybridized carbons (Fsp3) is 0.231. The van der Waals surface area contributed by atoms with Crippen LogP contribution in [0.1, 0.15) is 12.8 Å². The van der Waals surface area contributed by atoms with Gasteiger partial charge in [0.15, 0.2) is 0 Å². The second-order valence-corrected chi connectivity index (χ2v) is 3.96. The molecule has 0 saturated carbocycles. The first-order chi connectivity index (χ1) is 8.27. The number of carbonyl (C=O) groups is 2. The second-order valence-electron chi connectivity index (χ2n) is 3.96. The van der Waals surface area contributed by atoms with Gasteiger partial charge < -0.3 is 9.47 Å². The summed E-state index contributed by atoms with van der Waals surface area (Å²) in [6.45, 7) is 0.393. The predicted molar refractivity (Wildman–Crippen MR) is 58.6 cm³/mol. The molecule has 0 unspecified atom stereocenters. The molecular weight excluding hydrogens is 220 g/mol. The molecule has 2 aliphatic heterocycles. The minimum absolute atomic E-state index is 0.393. The Balaban J connectivity index is 2.18. The molecule has 0 aromatic heterocycles. The number of cyclic esters (lactones) is 2. The third-order valence-corrected chi connectivity index (χ3v) is 2.96. The van der Waals surface area contributed by atoms with Crippen LogP contribution in [-0.2, 0) is 19.1 Å². The highest BCUT2D eigenvalue weighted by Crippen LogP contribution is 2.34. The lowest BCUT2D eigenvalue weighted by atomic mass is 9.97. The van der Waals surface area contributed by atoms with Crippen LogP contribution in [0.4, 0.5) is 0 Å². The molecule has 4 heteroatoms. The fourth-order valence-electron chi connectivity index (χ4n) is 2.19. The Kier molecular flexibility index (Phi) is 2.21. The minimum Gasteiger partial charge on any atom is -0.493 e. The summed E-state index contributed by atoms with van der Waals surface area (Å²) in [7, 11) is 0. The van der Waals surface area contributed by atoms with Crippen molar-refractivity contribution >= 4 is 11.9 Å². The van der Waals surface area contributed by atoms with Gasteiger partial charge in [-0.05, 0) is 12.5 Å². The van der Waals surface area contributed by atoms with Crippen LogP contribution in [0, 0.1) is 0 Å². The Morgan fingerprint density at radius 3 is 2.82 bits per heavy atom. The molecule has 1 aliphatic carbocycles. The standard InChI is InChI=1S/C13H10O4/c14-12-9-6-7-16-10-5-3-1-2-4-8(10)11(9)13(15)17-12/h1-3,5H,4,6-7H2. The van der Waals surface area contributed by atoms with Gasteiger partial charge in [-0.2, -0.15) is 0 Å². The van der Waals surface area contributed by atoms with E-state index in [0.29, 0.717) is 36.4 Å². The average molecular weight is 230 g/mol. The second kappa shape index (κ2) is 3.73. The molecule has 0 atom stereocenters. The van der Waals surface area contributed by atoms with Crippen LogP contribution in [0.25, 0.3) is 0 Å². The van der Waals surface area contributed by atoms with Gasteiger partial charge in [0.1, 0.15) is 5.76 Å². The molecule has 3 aliphatic rings. The van der Waals surface area contributed by atoms with E-state index in [-0.39, 0.29) is 0 Å². The molecular formula is C13H10O4. The van der Waals surface area contributed by atoms with Crippen LogP contribution < -0.4 is 0 Å². The van der Waals surface area contributed by atoms with Crippen LogP contribution in [0.5, 0.6) is 0 Å². The average Bonchev–Trinajstić information content (AvgIpc) is 2.52. The molecule has 0 aromatic rings. The molecule has 0 radical (unpaired) electrons. The van der Waals surface area contributed by atoms with Crippen molar-refractivity contribution < 1.29 is 19.1 Å². The van der Waals surface area contributed by atoms with Crippen molar-refractivity contribution in [3.63, 3.8) is 0 Å². The molecule has 0 fully saturated rings. The van der Waals surface area contributed by atoms with Gasteiger partial charge in [0, 0.05) is 12.0 Å². The zero-order valence-electron chi connectivity index (χ0n) is 9.06. The SMILES string of the molecule is O=C1OC(=O)C2=C1CCOC1=C2CC=CC=C1. The van der Waals surface area contributed by atoms with Crippen LogP contribution in [0.3, 0.4) is 0 Å². The van der Waals surface area contributed by atoms with E-state index in [1.165, 1.54) is 0 Å². The summed E-state index contributed by atoms with van der Waals surface area (Å²) in [5.74, 6) is -0.419. The number of esters is 2. The van der Waals surface area contributed by atoms with Crippen LogP contribution in [-0.4, -0.2) is 18.5 Å². The van der Waals surface area contributed by atoms with E-state index in [4.69, 9.17) is 4.74 Å². The van der Waals surface area contributed by atoms with Crippen LogP contribution in [0.15, 0.2) is 46.8 Å². The Hall–Kier alpha value is -2.10. The summed E-state index contributed by atoms with van der Waals surface area (Å²) in [5, 5.41) is 0. The maximum absolute atomic E-state index is 11.7. The van der Waals surface area contributed by atoms with E-state index >= 15 is 0 Å². The Labute approximate surface area is 97.9 Å². The smallest absolute Gasteiger partial charge is 0.347 e. The third-order valence-electron chi connectivity index (χ3n) is 2.96. The Bertz CT molecular complexity index is 532. The van der Waals surface area contributed by atoms with E-state index in [1.54, 1.807) is 0 Å². The van der Waals surface area contributed by atoms with E-state index in [1.807, 2.05) is 24.3 Å². The number of allylic oxidation sites excluding steroid dienone is 4. The minimum atomic E-state index is -0.549. The maximum atomic E-state index is 11.7.